The number of unbranched alkanes of at least 4 members (excludes halogenated alkanes) is 1. The fraction of sp³-hybridized carbons (Fsp3) is 0.636. The van der Waals surface area contributed by atoms with Crippen molar-refractivity contribution in [3.05, 3.63) is 18.2 Å². The summed E-state index contributed by atoms with van der Waals surface area (Å²) in [4.78, 5) is 15.1. The fourth-order valence-electron chi connectivity index (χ4n) is 1.58. The first kappa shape index (κ1) is 13.7. The van der Waals surface area contributed by atoms with Crippen LogP contribution >= 0.6 is 0 Å². The summed E-state index contributed by atoms with van der Waals surface area (Å²) in [5, 5.41) is 12.1. The molecule has 0 aliphatic rings. The van der Waals surface area contributed by atoms with Crippen molar-refractivity contribution in [3.8, 4) is 0 Å². The Labute approximate surface area is 101 Å². The van der Waals surface area contributed by atoms with E-state index in [0.29, 0.717) is 19.5 Å². The molecule has 0 fully saturated rings. The number of imidazole rings is 1. The second kappa shape index (κ2) is 7.03. The number of nitrogens with one attached hydrogen (secondary N) is 1. The first-order valence-corrected chi connectivity index (χ1v) is 5.76. The Morgan fingerprint density at radius 1 is 1.65 bits per heavy atom. The van der Waals surface area contributed by atoms with Crippen molar-refractivity contribution in [2.75, 3.05) is 13.1 Å². The summed E-state index contributed by atoms with van der Waals surface area (Å²) in [6.45, 7) is 1.31. The number of hydrogen-bond donors (Lipinski definition) is 3. The molecule has 1 aromatic rings. The number of hydrogen-bond acceptors (Lipinski definition) is 4. The van der Waals surface area contributed by atoms with Crippen LogP contribution in [0.3, 0.4) is 0 Å². The number of rotatable bonds is 8. The molecule has 1 atom stereocenters. The second-order valence-corrected chi connectivity index (χ2v) is 4.04. The largest absolute Gasteiger partial charge is 0.480 e. The normalized spacial score (nSPS) is 12.6. The third-order valence-corrected chi connectivity index (χ3v) is 2.65. The molecule has 1 heterocycles. The first-order chi connectivity index (χ1) is 8.15. The Morgan fingerprint density at radius 2 is 2.41 bits per heavy atom. The zero-order valence-corrected chi connectivity index (χ0v) is 10.1. The third-order valence-electron chi connectivity index (χ3n) is 2.65. The van der Waals surface area contributed by atoms with Gasteiger partial charge in [-0.1, -0.05) is 0 Å². The van der Waals surface area contributed by atoms with Crippen LogP contribution in [0.1, 0.15) is 18.5 Å². The Kier molecular flexibility index (Phi) is 5.65. The van der Waals surface area contributed by atoms with Crippen LogP contribution in [0, 0.1) is 0 Å². The van der Waals surface area contributed by atoms with Gasteiger partial charge in [0.05, 0.1) is 6.33 Å². The minimum absolute atomic E-state index is 0.439. The van der Waals surface area contributed by atoms with E-state index in [0.717, 1.165) is 18.5 Å². The molecule has 6 nitrogen and oxygen atoms in total. The van der Waals surface area contributed by atoms with E-state index >= 15 is 0 Å². The number of aliphatic carboxylic acids is 1. The molecule has 96 valence electrons. The smallest absolute Gasteiger partial charge is 0.321 e. The highest BCUT2D eigenvalue weighted by Crippen LogP contribution is 2.02. The SMILES string of the molecule is Cn1cncc1CC(NCCCCN)C(=O)O. The molecule has 6 heteroatoms. The summed E-state index contributed by atoms with van der Waals surface area (Å²) in [5.74, 6) is -0.834. The van der Waals surface area contributed by atoms with Crippen molar-refractivity contribution in [1.29, 1.82) is 0 Å². The molecule has 4 N–H and O–H groups in total. The minimum Gasteiger partial charge on any atom is -0.480 e. The number of nitrogens with two attached hydrogens (primary N) is 1. The van der Waals surface area contributed by atoms with E-state index in [1.165, 1.54) is 0 Å². The quantitative estimate of drug-likeness (QED) is 0.545. The monoisotopic (exact) mass is 240 g/mol. The van der Waals surface area contributed by atoms with Crippen molar-refractivity contribution in [3.63, 3.8) is 0 Å². The third kappa shape index (κ3) is 4.54. The van der Waals surface area contributed by atoms with Crippen LogP contribution in [0.4, 0.5) is 0 Å². The molecular weight excluding hydrogens is 220 g/mol. The van der Waals surface area contributed by atoms with Crippen LogP contribution in [0.5, 0.6) is 0 Å². The highest BCUT2D eigenvalue weighted by Gasteiger charge is 2.18. The van der Waals surface area contributed by atoms with E-state index in [1.807, 2.05) is 11.6 Å². The van der Waals surface area contributed by atoms with E-state index in [1.54, 1.807) is 12.5 Å². The fourth-order valence-corrected chi connectivity index (χ4v) is 1.58. The molecule has 0 radical (unpaired) electrons. The topological polar surface area (TPSA) is 93.2 Å². The van der Waals surface area contributed by atoms with Gasteiger partial charge in [-0.2, -0.15) is 0 Å². The van der Waals surface area contributed by atoms with Crippen LogP contribution in [0.2, 0.25) is 0 Å². The highest BCUT2D eigenvalue weighted by atomic mass is 16.4. The van der Waals surface area contributed by atoms with E-state index in [4.69, 9.17) is 10.8 Å². The highest BCUT2D eigenvalue weighted by molar-refractivity contribution is 5.73. The van der Waals surface area contributed by atoms with Gasteiger partial charge >= 0.3 is 5.97 Å². The lowest BCUT2D eigenvalue weighted by Gasteiger charge is -2.14. The molecule has 0 saturated carbocycles. The lowest BCUT2D eigenvalue weighted by molar-refractivity contribution is -0.139. The summed E-state index contributed by atoms with van der Waals surface area (Å²) < 4.78 is 1.83. The zero-order valence-electron chi connectivity index (χ0n) is 10.1. The molecule has 1 rings (SSSR count). The molecule has 0 aromatic carbocycles. The van der Waals surface area contributed by atoms with Gasteiger partial charge in [-0.3, -0.25) is 4.79 Å². The number of carbonyl (C=O) groups is 1. The Balaban J connectivity index is 2.44. The van der Waals surface area contributed by atoms with Gasteiger partial charge in [0.15, 0.2) is 0 Å². The average Bonchev–Trinajstić information content (AvgIpc) is 2.68. The predicted molar refractivity (Wildman–Crippen MR) is 64.6 cm³/mol. The summed E-state index contributed by atoms with van der Waals surface area (Å²) in [7, 11) is 1.86. The van der Waals surface area contributed by atoms with Crippen LogP contribution in [0.25, 0.3) is 0 Å². The van der Waals surface area contributed by atoms with Gasteiger partial charge in [-0.25, -0.2) is 4.98 Å². The van der Waals surface area contributed by atoms with Crippen molar-refractivity contribution in [2.45, 2.75) is 25.3 Å². The van der Waals surface area contributed by atoms with Crippen molar-refractivity contribution in [2.24, 2.45) is 12.8 Å². The maximum atomic E-state index is 11.1. The number of aromatic nitrogens is 2. The van der Waals surface area contributed by atoms with E-state index in [-0.39, 0.29) is 0 Å². The van der Waals surface area contributed by atoms with E-state index in [2.05, 4.69) is 10.3 Å². The number of nitrogens with zero attached hydrogens (tertiary/aromatic N) is 2. The van der Waals surface area contributed by atoms with Crippen molar-refractivity contribution >= 4 is 5.97 Å². The molecule has 0 aliphatic carbocycles. The van der Waals surface area contributed by atoms with Gasteiger partial charge in [-0.15, -0.1) is 0 Å². The van der Waals surface area contributed by atoms with Crippen LogP contribution in [0.15, 0.2) is 12.5 Å². The van der Waals surface area contributed by atoms with Gasteiger partial charge in [0.1, 0.15) is 6.04 Å². The second-order valence-electron chi connectivity index (χ2n) is 4.04. The first-order valence-electron chi connectivity index (χ1n) is 5.76. The maximum absolute atomic E-state index is 11.1. The maximum Gasteiger partial charge on any atom is 0.321 e. The summed E-state index contributed by atoms with van der Waals surface area (Å²) in [5.41, 5.74) is 6.29. The van der Waals surface area contributed by atoms with Gasteiger partial charge in [0.25, 0.3) is 0 Å². The van der Waals surface area contributed by atoms with E-state index in [9.17, 15) is 4.79 Å². The molecule has 0 aliphatic heterocycles. The zero-order chi connectivity index (χ0) is 12.7. The van der Waals surface area contributed by atoms with Crippen molar-refractivity contribution < 1.29 is 9.90 Å². The van der Waals surface area contributed by atoms with Crippen LogP contribution < -0.4 is 11.1 Å². The molecule has 0 bridgehead atoms. The van der Waals surface area contributed by atoms with E-state index < -0.39 is 12.0 Å². The lowest BCUT2D eigenvalue weighted by Crippen LogP contribution is -2.39. The van der Waals surface area contributed by atoms with Gasteiger partial charge in [0, 0.05) is 25.4 Å². The standard InChI is InChI=1S/C11H20N4O2/c1-15-8-13-7-9(15)6-10(11(16)17)14-5-3-2-4-12/h7-8,10,14H,2-6,12H2,1H3,(H,16,17). The molecular formula is C11H20N4O2. The van der Waals surface area contributed by atoms with Gasteiger partial charge in [0.2, 0.25) is 0 Å². The average molecular weight is 240 g/mol. The minimum atomic E-state index is -0.834. The predicted octanol–water partition coefficient (Wildman–Crippen LogP) is -0.256. The molecule has 0 amide bonds. The summed E-state index contributed by atoms with van der Waals surface area (Å²) in [6, 6.07) is -0.567. The Morgan fingerprint density at radius 3 is 2.94 bits per heavy atom. The van der Waals surface area contributed by atoms with Crippen molar-refractivity contribution in [1.82, 2.24) is 14.9 Å². The van der Waals surface area contributed by atoms with Crippen LogP contribution in [-0.4, -0.2) is 39.8 Å². The molecule has 17 heavy (non-hydrogen) atoms. The Bertz CT molecular complexity index is 351. The number of carboxylic acid groups (broad SMARTS) is 1. The van der Waals surface area contributed by atoms with Gasteiger partial charge in [-0.05, 0) is 25.9 Å². The molecule has 1 aromatic heterocycles. The number of carboxylic acids is 1. The lowest BCUT2D eigenvalue weighted by atomic mass is 10.1. The molecule has 0 spiro atoms. The molecule has 1 unspecified atom stereocenters. The Hall–Kier alpha value is -1.40. The molecule has 0 saturated heterocycles. The number of aryl methyl sites for hydroxylation is 1. The van der Waals surface area contributed by atoms with Crippen LogP contribution in [-0.2, 0) is 18.3 Å². The van der Waals surface area contributed by atoms with Gasteiger partial charge < -0.3 is 20.7 Å². The summed E-state index contributed by atoms with van der Waals surface area (Å²) >= 11 is 0. The summed E-state index contributed by atoms with van der Waals surface area (Å²) in [6.07, 6.45) is 5.60.